The second-order valence-corrected chi connectivity index (χ2v) is 5.34. The predicted octanol–water partition coefficient (Wildman–Crippen LogP) is 5.30. The number of nitrogens with two attached hydrogens (primary N) is 1. The second kappa shape index (κ2) is 8.18. The highest BCUT2D eigenvalue weighted by Gasteiger charge is 2.13. The Bertz CT molecular complexity index is 343. The number of hydrogen-bond donors (Lipinski definition) is 1. The van der Waals surface area contributed by atoms with E-state index in [1.165, 1.54) is 56.1 Å². The van der Waals surface area contributed by atoms with Crippen LogP contribution >= 0.6 is 0 Å². The van der Waals surface area contributed by atoms with Gasteiger partial charge in [0, 0.05) is 5.69 Å². The average molecular weight is 247 g/mol. The molecule has 0 spiro atoms. The first-order valence-corrected chi connectivity index (χ1v) is 7.61. The lowest BCUT2D eigenvalue weighted by Gasteiger charge is -2.19. The molecule has 1 aromatic rings. The zero-order valence-electron chi connectivity index (χ0n) is 12.3. The van der Waals surface area contributed by atoms with E-state index < -0.39 is 0 Å². The van der Waals surface area contributed by atoms with Crippen molar-refractivity contribution in [2.75, 3.05) is 5.73 Å². The van der Waals surface area contributed by atoms with Crippen LogP contribution in [0, 0.1) is 0 Å². The van der Waals surface area contributed by atoms with Gasteiger partial charge >= 0.3 is 0 Å². The van der Waals surface area contributed by atoms with Crippen LogP contribution in [0.3, 0.4) is 0 Å². The maximum absolute atomic E-state index is 6.19. The summed E-state index contributed by atoms with van der Waals surface area (Å²) in [6.45, 7) is 6.77. The van der Waals surface area contributed by atoms with Crippen LogP contribution in [0.2, 0.25) is 0 Å². The van der Waals surface area contributed by atoms with Gasteiger partial charge in [0.15, 0.2) is 0 Å². The summed E-state index contributed by atoms with van der Waals surface area (Å²) in [6.07, 6.45) is 8.74. The number of aryl methyl sites for hydroxylation is 1. The fourth-order valence-corrected chi connectivity index (χ4v) is 2.68. The van der Waals surface area contributed by atoms with Gasteiger partial charge in [-0.25, -0.2) is 0 Å². The summed E-state index contributed by atoms with van der Waals surface area (Å²) < 4.78 is 0. The maximum atomic E-state index is 6.19. The maximum Gasteiger partial charge on any atom is 0.0349 e. The quantitative estimate of drug-likeness (QED) is 0.620. The third kappa shape index (κ3) is 4.36. The zero-order chi connectivity index (χ0) is 13.4. The molecule has 18 heavy (non-hydrogen) atoms. The van der Waals surface area contributed by atoms with Crippen molar-refractivity contribution in [1.29, 1.82) is 0 Å². The van der Waals surface area contributed by atoms with E-state index in [4.69, 9.17) is 5.73 Å². The van der Waals surface area contributed by atoms with Crippen molar-refractivity contribution in [3.63, 3.8) is 0 Å². The Morgan fingerprint density at radius 2 is 1.78 bits per heavy atom. The van der Waals surface area contributed by atoms with Gasteiger partial charge in [0.2, 0.25) is 0 Å². The summed E-state index contributed by atoms with van der Waals surface area (Å²) in [7, 11) is 0. The third-order valence-corrected chi connectivity index (χ3v) is 3.67. The fraction of sp³-hybridized carbons (Fsp3) is 0.647. The highest BCUT2D eigenvalue weighted by molar-refractivity contribution is 5.50. The first-order chi connectivity index (χ1) is 8.72. The molecule has 0 saturated carbocycles. The van der Waals surface area contributed by atoms with E-state index in [0.29, 0.717) is 5.92 Å². The van der Waals surface area contributed by atoms with Crippen LogP contribution in [0.4, 0.5) is 5.69 Å². The summed E-state index contributed by atoms with van der Waals surface area (Å²) in [4.78, 5) is 0. The molecule has 2 N–H and O–H groups in total. The molecule has 0 aromatic heterocycles. The van der Waals surface area contributed by atoms with E-state index in [-0.39, 0.29) is 0 Å². The van der Waals surface area contributed by atoms with Crippen molar-refractivity contribution in [1.82, 2.24) is 0 Å². The van der Waals surface area contributed by atoms with Crippen molar-refractivity contribution >= 4 is 5.69 Å². The van der Waals surface area contributed by atoms with Gasteiger partial charge in [-0.15, -0.1) is 0 Å². The van der Waals surface area contributed by atoms with E-state index >= 15 is 0 Å². The Hall–Kier alpha value is -0.980. The van der Waals surface area contributed by atoms with E-state index in [2.05, 4.69) is 39.0 Å². The van der Waals surface area contributed by atoms with Crippen molar-refractivity contribution in [2.24, 2.45) is 0 Å². The monoisotopic (exact) mass is 247 g/mol. The summed E-state index contributed by atoms with van der Waals surface area (Å²) in [5.74, 6) is 0.659. The lowest BCUT2D eigenvalue weighted by Crippen LogP contribution is -2.04. The minimum atomic E-state index is 0.659. The Balaban J connectivity index is 2.89. The van der Waals surface area contributed by atoms with Crippen LogP contribution in [0.5, 0.6) is 0 Å². The Kier molecular flexibility index (Phi) is 6.85. The van der Waals surface area contributed by atoms with Gasteiger partial charge in [-0.1, -0.05) is 58.6 Å². The molecule has 0 amide bonds. The Morgan fingerprint density at radius 3 is 2.39 bits per heavy atom. The van der Waals surface area contributed by atoms with Crippen LogP contribution in [-0.2, 0) is 6.42 Å². The van der Waals surface area contributed by atoms with E-state index in [0.717, 1.165) is 5.69 Å². The fourth-order valence-electron chi connectivity index (χ4n) is 2.68. The van der Waals surface area contributed by atoms with Crippen LogP contribution in [0.15, 0.2) is 18.2 Å². The van der Waals surface area contributed by atoms with Crippen LogP contribution < -0.4 is 5.73 Å². The number of unbranched alkanes of at least 4 members (excludes halogenated alkanes) is 1. The zero-order valence-corrected chi connectivity index (χ0v) is 12.3. The van der Waals surface area contributed by atoms with Gasteiger partial charge in [0.1, 0.15) is 0 Å². The molecular formula is C17H29N. The molecule has 1 atom stereocenters. The van der Waals surface area contributed by atoms with E-state index in [1.807, 2.05) is 0 Å². The van der Waals surface area contributed by atoms with E-state index in [9.17, 15) is 0 Å². The summed E-state index contributed by atoms with van der Waals surface area (Å²) >= 11 is 0. The molecular weight excluding hydrogens is 218 g/mol. The first kappa shape index (κ1) is 15.1. The van der Waals surface area contributed by atoms with Gasteiger partial charge < -0.3 is 5.73 Å². The highest BCUT2D eigenvalue weighted by atomic mass is 14.6. The molecule has 0 saturated heterocycles. The average Bonchev–Trinajstić information content (AvgIpc) is 2.37. The number of anilines is 1. The molecule has 0 radical (unpaired) electrons. The van der Waals surface area contributed by atoms with Crippen molar-refractivity contribution in [3.8, 4) is 0 Å². The molecule has 1 unspecified atom stereocenters. The molecule has 0 bridgehead atoms. The Morgan fingerprint density at radius 1 is 1.00 bits per heavy atom. The van der Waals surface area contributed by atoms with Crippen LogP contribution in [-0.4, -0.2) is 0 Å². The van der Waals surface area contributed by atoms with Crippen LogP contribution in [0.1, 0.15) is 76.3 Å². The molecule has 0 aliphatic carbocycles. The molecule has 0 aliphatic heterocycles. The van der Waals surface area contributed by atoms with Gasteiger partial charge in [0.25, 0.3) is 0 Å². The minimum Gasteiger partial charge on any atom is -0.398 e. The molecule has 1 nitrogen and oxygen atoms in total. The number of hydrogen-bond acceptors (Lipinski definition) is 1. The normalized spacial score (nSPS) is 12.6. The second-order valence-electron chi connectivity index (χ2n) is 5.34. The number of rotatable bonds is 8. The molecule has 0 fully saturated rings. The molecule has 1 rings (SSSR count). The summed E-state index contributed by atoms with van der Waals surface area (Å²) in [5.41, 5.74) is 10.0. The minimum absolute atomic E-state index is 0.659. The smallest absolute Gasteiger partial charge is 0.0349 e. The van der Waals surface area contributed by atoms with Gasteiger partial charge in [-0.2, -0.15) is 0 Å². The lowest BCUT2D eigenvalue weighted by molar-refractivity contribution is 0.542. The van der Waals surface area contributed by atoms with Crippen molar-refractivity contribution in [3.05, 3.63) is 29.3 Å². The lowest BCUT2D eigenvalue weighted by atomic mass is 9.87. The van der Waals surface area contributed by atoms with Crippen LogP contribution in [0.25, 0.3) is 0 Å². The van der Waals surface area contributed by atoms with Crippen molar-refractivity contribution in [2.45, 2.75) is 71.6 Å². The van der Waals surface area contributed by atoms with Crippen molar-refractivity contribution < 1.29 is 0 Å². The first-order valence-electron chi connectivity index (χ1n) is 7.61. The SMILES string of the molecule is CCCCC(CCC)c1cc(CCC)ccc1N. The molecule has 0 heterocycles. The van der Waals surface area contributed by atoms with Gasteiger partial charge in [0.05, 0.1) is 0 Å². The molecule has 1 heteroatoms. The van der Waals surface area contributed by atoms with Gasteiger partial charge in [-0.3, -0.25) is 0 Å². The largest absolute Gasteiger partial charge is 0.398 e. The molecule has 0 aliphatic rings. The Labute approximate surface area is 113 Å². The third-order valence-electron chi connectivity index (χ3n) is 3.67. The summed E-state index contributed by atoms with van der Waals surface area (Å²) in [6, 6.07) is 6.65. The predicted molar refractivity (Wildman–Crippen MR) is 82.0 cm³/mol. The topological polar surface area (TPSA) is 26.0 Å². The highest BCUT2D eigenvalue weighted by Crippen LogP contribution is 2.32. The number of nitrogen functional groups attached to an aromatic ring is 1. The summed E-state index contributed by atoms with van der Waals surface area (Å²) in [5, 5.41) is 0. The molecule has 1 aromatic carbocycles. The molecule has 102 valence electrons. The van der Waals surface area contributed by atoms with Gasteiger partial charge in [-0.05, 0) is 42.4 Å². The number of benzene rings is 1. The standard InChI is InChI=1S/C17H29N/c1-4-7-10-15(9-6-3)16-13-14(8-5-2)11-12-17(16)18/h11-13,15H,4-10,18H2,1-3H3. The van der Waals surface area contributed by atoms with E-state index in [1.54, 1.807) is 0 Å².